The number of carboxylic acids is 2. The monoisotopic (exact) mass is 522 g/mol. The van der Waals surface area contributed by atoms with Crippen molar-refractivity contribution >= 4 is 25.4 Å². The third kappa shape index (κ3) is 11.3. The quantitative estimate of drug-likeness (QED) is 0.389. The van der Waals surface area contributed by atoms with Gasteiger partial charge in [-0.15, -0.1) is 0 Å². The lowest BCUT2D eigenvalue weighted by atomic mass is 10.0. The van der Waals surface area contributed by atoms with Crippen LogP contribution in [0.2, 0.25) is 0 Å². The van der Waals surface area contributed by atoms with Crippen molar-refractivity contribution in [2.75, 3.05) is 7.11 Å². The molecule has 3 aromatic carbocycles. The molecule has 0 radical (unpaired) electrons. The molecule has 0 saturated carbocycles. The van der Waals surface area contributed by atoms with Crippen molar-refractivity contribution in [2.24, 2.45) is 0 Å². The van der Waals surface area contributed by atoms with Crippen LogP contribution in [0.4, 0.5) is 26.3 Å². The van der Waals surface area contributed by atoms with Gasteiger partial charge in [-0.2, -0.15) is 39.8 Å². The topological polar surface area (TPSA) is 83.8 Å². The van der Waals surface area contributed by atoms with E-state index in [2.05, 4.69) is 60.7 Å². The fourth-order valence-electron chi connectivity index (χ4n) is 2.27. The van der Waals surface area contributed by atoms with Gasteiger partial charge in [-0.1, -0.05) is 66.7 Å². The molecule has 12 heteroatoms. The molecule has 0 unspecified atom stereocenters. The lowest BCUT2D eigenvalue weighted by molar-refractivity contribution is -0.193. The predicted octanol–water partition coefficient (Wildman–Crippen LogP) is 6.41. The van der Waals surface area contributed by atoms with Gasteiger partial charge < -0.3 is 14.9 Å². The summed E-state index contributed by atoms with van der Waals surface area (Å²) in [5, 5.41) is 14.2. The summed E-state index contributed by atoms with van der Waals surface area (Å²) in [6.07, 6.45) is -10.2. The van der Waals surface area contributed by atoms with E-state index in [9.17, 15) is 26.3 Å². The summed E-state index contributed by atoms with van der Waals surface area (Å²) in [5.74, 6) is -4.63. The first kappa shape index (κ1) is 31.3. The molecule has 0 heterocycles. The van der Waals surface area contributed by atoms with Gasteiger partial charge >= 0.3 is 24.3 Å². The van der Waals surface area contributed by atoms with Gasteiger partial charge in [-0.3, -0.25) is 0 Å². The van der Waals surface area contributed by atoms with Gasteiger partial charge in [-0.05, 0) is 34.4 Å². The van der Waals surface area contributed by atoms with Crippen LogP contribution in [0, 0.1) is 0 Å². The molecule has 0 aliphatic carbocycles. The van der Waals surface area contributed by atoms with Crippen molar-refractivity contribution in [1.82, 2.24) is 0 Å². The number of halogens is 6. The maximum Gasteiger partial charge on any atom is 0.490 e. The summed E-state index contributed by atoms with van der Waals surface area (Å²) in [7, 11) is 1.68. The first-order valence-corrected chi connectivity index (χ1v) is 9.16. The molecule has 2 N–H and O–H groups in total. The minimum atomic E-state index is -5.08. The summed E-state index contributed by atoms with van der Waals surface area (Å²) in [6, 6.07) is 27.2. The fraction of sp³-hybridized carbons (Fsp3) is 0.130. The van der Waals surface area contributed by atoms with E-state index in [1.54, 1.807) is 7.11 Å². The third-order valence-electron chi connectivity index (χ3n) is 3.90. The highest BCUT2D eigenvalue weighted by Crippen LogP contribution is 2.26. The predicted molar refractivity (Wildman–Crippen MR) is 122 cm³/mol. The first-order chi connectivity index (χ1) is 15.8. The van der Waals surface area contributed by atoms with E-state index in [1.807, 2.05) is 18.2 Å². The minimum absolute atomic E-state index is 0. The van der Waals surface area contributed by atoms with E-state index in [1.165, 1.54) is 22.3 Å². The number of aliphatic carboxylic acids is 2. The van der Waals surface area contributed by atoms with Crippen LogP contribution in [-0.2, 0) is 9.59 Å². The van der Waals surface area contributed by atoms with E-state index in [0.717, 1.165) is 5.75 Å². The molecule has 35 heavy (non-hydrogen) atoms. The number of hydrogen-bond acceptors (Lipinski definition) is 3. The molecule has 0 aliphatic rings. The molecule has 190 valence electrons. The van der Waals surface area contributed by atoms with Gasteiger partial charge in [0.25, 0.3) is 0 Å². The van der Waals surface area contributed by atoms with Gasteiger partial charge in [0, 0.05) is 0 Å². The molecule has 0 amide bonds. The van der Waals surface area contributed by atoms with Crippen LogP contribution in [0.25, 0.3) is 22.3 Å². The molecule has 0 bridgehead atoms. The fourth-order valence-corrected chi connectivity index (χ4v) is 2.27. The van der Waals surface area contributed by atoms with Crippen LogP contribution in [0.15, 0.2) is 78.9 Å². The summed E-state index contributed by atoms with van der Waals surface area (Å²) in [6.45, 7) is 0. The molecular weight excluding hydrogens is 502 g/mol. The van der Waals surface area contributed by atoms with Gasteiger partial charge in [0.1, 0.15) is 5.75 Å². The zero-order valence-corrected chi connectivity index (χ0v) is 18.9. The van der Waals surface area contributed by atoms with Crippen molar-refractivity contribution in [3.05, 3.63) is 78.9 Å². The van der Waals surface area contributed by atoms with Crippen molar-refractivity contribution in [1.29, 1.82) is 0 Å². The zero-order valence-electron chi connectivity index (χ0n) is 17.9. The average Bonchev–Trinajstić information content (AvgIpc) is 2.79. The van der Waals surface area contributed by atoms with Crippen LogP contribution < -0.4 is 4.74 Å². The first-order valence-electron chi connectivity index (χ1n) is 9.16. The number of rotatable bonds is 3. The standard InChI is InChI=1S/C19H16O.2C2HF3O2.H2S/c1-20-19-13-11-18(12-14-19)17-9-7-16(8-10-17)15-5-3-2-4-6-15;2*3-2(4,5)1(6)7;/h2-14H,1H3;2*(H,6,7);1H2. The Balaban J connectivity index is 0.000000644. The van der Waals surface area contributed by atoms with Crippen LogP contribution in [0.3, 0.4) is 0 Å². The summed E-state index contributed by atoms with van der Waals surface area (Å²) >= 11 is 0. The van der Waals surface area contributed by atoms with E-state index < -0.39 is 24.3 Å². The molecular formula is C23H20F6O5S. The number of benzene rings is 3. The maximum absolute atomic E-state index is 10.6. The largest absolute Gasteiger partial charge is 0.497 e. The molecule has 0 spiro atoms. The Bertz CT molecular complexity index is 1030. The lowest BCUT2D eigenvalue weighted by Crippen LogP contribution is -2.21. The molecule has 0 saturated heterocycles. The SMILES string of the molecule is COc1ccc(-c2ccc(-c3ccccc3)cc2)cc1.O=C(O)C(F)(F)F.O=C(O)C(F)(F)F.S. The van der Waals surface area contributed by atoms with Crippen molar-refractivity contribution in [3.63, 3.8) is 0 Å². The number of methoxy groups -OCH3 is 1. The lowest BCUT2D eigenvalue weighted by Gasteiger charge is -2.06. The molecule has 3 rings (SSSR count). The van der Waals surface area contributed by atoms with Gasteiger partial charge in [0.2, 0.25) is 0 Å². The molecule has 0 atom stereocenters. The summed E-state index contributed by atoms with van der Waals surface area (Å²) in [5.41, 5.74) is 4.90. The van der Waals surface area contributed by atoms with Crippen LogP contribution >= 0.6 is 13.5 Å². The number of hydrogen-bond donors (Lipinski definition) is 2. The Labute approximate surface area is 203 Å². The molecule has 0 fully saturated rings. The van der Waals surface area contributed by atoms with Crippen molar-refractivity contribution in [3.8, 4) is 28.0 Å². The number of alkyl halides is 6. The third-order valence-corrected chi connectivity index (χ3v) is 3.90. The van der Waals surface area contributed by atoms with Gasteiger partial charge in [0.05, 0.1) is 7.11 Å². The minimum Gasteiger partial charge on any atom is -0.497 e. The Hall–Kier alpha value is -3.67. The van der Waals surface area contributed by atoms with Crippen molar-refractivity contribution in [2.45, 2.75) is 12.4 Å². The highest BCUT2D eigenvalue weighted by molar-refractivity contribution is 7.59. The normalized spacial score (nSPS) is 10.4. The number of ether oxygens (including phenoxy) is 1. The Morgan fingerprint density at radius 1 is 0.600 bits per heavy atom. The summed E-state index contributed by atoms with van der Waals surface area (Å²) in [4.78, 5) is 17.8. The second-order valence-electron chi connectivity index (χ2n) is 6.28. The molecule has 0 aliphatic heterocycles. The Morgan fingerprint density at radius 2 is 0.857 bits per heavy atom. The van der Waals surface area contributed by atoms with E-state index in [0.29, 0.717) is 0 Å². The van der Waals surface area contributed by atoms with Crippen LogP contribution in [0.1, 0.15) is 0 Å². The van der Waals surface area contributed by atoms with Gasteiger partial charge in [-0.25, -0.2) is 9.59 Å². The Kier molecular flexibility index (Phi) is 12.4. The number of carbonyl (C=O) groups is 2. The second kappa shape index (κ2) is 13.9. The second-order valence-corrected chi connectivity index (χ2v) is 6.28. The average molecular weight is 522 g/mol. The van der Waals surface area contributed by atoms with Crippen LogP contribution in [0.5, 0.6) is 5.75 Å². The zero-order chi connectivity index (χ0) is 25.9. The van der Waals surface area contributed by atoms with Crippen molar-refractivity contribution < 1.29 is 50.9 Å². The highest BCUT2D eigenvalue weighted by Gasteiger charge is 2.38. The van der Waals surface area contributed by atoms with Gasteiger partial charge in [0.15, 0.2) is 0 Å². The maximum atomic E-state index is 10.6. The molecule has 3 aromatic rings. The van der Waals surface area contributed by atoms with E-state index in [4.69, 9.17) is 24.5 Å². The number of carboxylic acid groups (broad SMARTS) is 2. The molecule has 0 aromatic heterocycles. The Morgan fingerprint density at radius 3 is 1.11 bits per heavy atom. The smallest absolute Gasteiger partial charge is 0.490 e. The highest BCUT2D eigenvalue weighted by atomic mass is 32.1. The molecule has 5 nitrogen and oxygen atoms in total. The van der Waals surface area contributed by atoms with E-state index >= 15 is 0 Å². The summed E-state index contributed by atoms with van der Waals surface area (Å²) < 4.78 is 68.7. The van der Waals surface area contributed by atoms with E-state index in [-0.39, 0.29) is 13.5 Å². The van der Waals surface area contributed by atoms with Crippen LogP contribution in [-0.4, -0.2) is 41.6 Å².